The molecule has 0 bridgehead atoms. The summed E-state index contributed by atoms with van der Waals surface area (Å²) >= 11 is 5.62. The predicted molar refractivity (Wildman–Crippen MR) is 216 cm³/mol. The van der Waals surface area contributed by atoms with Crippen LogP contribution < -0.4 is 5.73 Å². The average Bonchev–Trinajstić information content (AvgIpc) is 3.86. The molecule has 0 aliphatic carbocycles. The van der Waals surface area contributed by atoms with Crippen molar-refractivity contribution in [1.82, 2.24) is 24.9 Å². The largest absolute Gasteiger partial charge is 0.476 e. The van der Waals surface area contributed by atoms with Crippen LogP contribution in [0.3, 0.4) is 0 Å². The molecule has 0 saturated carbocycles. The summed E-state index contributed by atoms with van der Waals surface area (Å²) in [6, 6.07) is 0. The topological polar surface area (TPSA) is 260 Å². The number of alkyl halides is 1. The number of carbonyl (C=O) groups excluding carboxylic acids is 5. The summed E-state index contributed by atoms with van der Waals surface area (Å²) < 4.78 is 19.6. The van der Waals surface area contributed by atoms with Gasteiger partial charge >= 0.3 is 23.9 Å². The third kappa shape index (κ3) is 20.1. The fraction of sp³-hybridized carbons (Fsp3) is 0.615. The van der Waals surface area contributed by atoms with Crippen LogP contribution in [0.15, 0.2) is 23.5 Å². The smallest absolute Gasteiger partial charge is 0.360 e. The minimum Gasteiger partial charge on any atom is -0.476 e. The fourth-order valence-electron chi connectivity index (χ4n) is 4.07. The molecule has 0 radical (unpaired) electrons. The Bertz CT molecular complexity index is 1620. The number of H-pyrrole nitrogens is 2. The third-order valence-corrected chi connectivity index (χ3v) is 7.01. The van der Waals surface area contributed by atoms with Crippen LogP contribution in [-0.2, 0) is 44.8 Å². The number of nitrogens with zero attached hydrogens (tertiary/aromatic N) is 3. The second-order valence-corrected chi connectivity index (χ2v) is 16.1. The summed E-state index contributed by atoms with van der Waals surface area (Å²) in [5.41, 5.74) is 5.24. The molecule has 0 aliphatic heterocycles. The Morgan fingerprint density at radius 2 is 1.12 bits per heavy atom. The highest BCUT2D eigenvalue weighted by molar-refractivity contribution is 6.41. The number of carboxylic acids is 1. The van der Waals surface area contributed by atoms with Gasteiger partial charge in [0, 0.05) is 21.7 Å². The SMILES string of the molecule is C.CC(C)(C)c1[nH]cnc1C(=O)O.CCOC(=O)C(Cl)C(=O)C(C)(C)C.CCOC(=O)c1nc[nH]c1C(C)(C)C.CCOC(=O)c1ncoc1C(C)(C)C.NC=O. The van der Waals surface area contributed by atoms with Crippen molar-refractivity contribution in [3.63, 3.8) is 0 Å². The van der Waals surface area contributed by atoms with E-state index in [9.17, 15) is 24.0 Å². The molecule has 17 nitrogen and oxygen atoms in total. The van der Waals surface area contributed by atoms with E-state index in [0.717, 1.165) is 5.69 Å². The lowest BCUT2D eigenvalue weighted by molar-refractivity contribution is -0.146. The number of ketones is 1. The van der Waals surface area contributed by atoms with E-state index in [1.165, 1.54) is 19.0 Å². The van der Waals surface area contributed by atoms with Crippen molar-refractivity contribution in [2.45, 2.75) is 133 Å². The normalized spacial score (nSPS) is 11.4. The predicted octanol–water partition coefficient (Wildman–Crippen LogP) is 6.95. The number of hydrogen-bond acceptors (Lipinski definition) is 13. The Hall–Kier alpha value is -5.06. The lowest BCUT2D eigenvalue weighted by atomic mass is 9.89. The lowest BCUT2D eigenvalue weighted by Gasteiger charge is -2.19. The van der Waals surface area contributed by atoms with Crippen molar-refractivity contribution in [2.75, 3.05) is 19.8 Å². The molecule has 0 spiro atoms. The zero-order valence-electron chi connectivity index (χ0n) is 35.3. The number of rotatable bonds is 8. The monoisotopic (exact) mass is 828 g/mol. The number of primary amides is 1. The van der Waals surface area contributed by atoms with E-state index in [-0.39, 0.29) is 59.8 Å². The van der Waals surface area contributed by atoms with Crippen LogP contribution in [0.25, 0.3) is 0 Å². The number of carboxylic acid groups (broad SMARTS) is 1. The van der Waals surface area contributed by atoms with E-state index in [0.29, 0.717) is 30.4 Å². The Morgan fingerprint density at radius 3 is 1.46 bits per heavy atom. The molecule has 0 aromatic carbocycles. The van der Waals surface area contributed by atoms with E-state index >= 15 is 0 Å². The van der Waals surface area contributed by atoms with Gasteiger partial charge in [-0.1, -0.05) is 90.5 Å². The maximum atomic E-state index is 11.5. The number of aromatic carboxylic acids is 1. The number of ether oxygens (including phenoxy) is 3. The van der Waals surface area contributed by atoms with E-state index in [2.05, 4.69) is 35.4 Å². The number of esters is 3. The van der Waals surface area contributed by atoms with Gasteiger partial charge < -0.3 is 39.4 Å². The molecular formula is C39H65ClN6O11. The van der Waals surface area contributed by atoms with Gasteiger partial charge in [0.2, 0.25) is 6.41 Å². The van der Waals surface area contributed by atoms with Gasteiger partial charge in [0.15, 0.2) is 34.6 Å². The average molecular weight is 829 g/mol. The highest BCUT2D eigenvalue weighted by atomic mass is 35.5. The van der Waals surface area contributed by atoms with Crippen molar-refractivity contribution in [3.05, 3.63) is 53.3 Å². The summed E-state index contributed by atoms with van der Waals surface area (Å²) in [4.78, 5) is 82.0. The molecule has 324 valence electrons. The van der Waals surface area contributed by atoms with Crippen molar-refractivity contribution in [2.24, 2.45) is 11.1 Å². The maximum absolute atomic E-state index is 11.5. The van der Waals surface area contributed by atoms with Gasteiger partial charge in [-0.25, -0.2) is 34.1 Å². The first-order valence-corrected chi connectivity index (χ1v) is 18.1. The number of aromatic nitrogens is 5. The molecule has 3 heterocycles. The van der Waals surface area contributed by atoms with Gasteiger partial charge in [-0.15, -0.1) is 11.6 Å². The van der Waals surface area contributed by atoms with E-state index in [1.807, 2.05) is 62.3 Å². The van der Waals surface area contributed by atoms with Crippen molar-refractivity contribution >= 4 is 47.7 Å². The minimum absolute atomic E-state index is 0. The molecule has 57 heavy (non-hydrogen) atoms. The van der Waals surface area contributed by atoms with Gasteiger partial charge in [0.05, 0.1) is 43.9 Å². The van der Waals surface area contributed by atoms with Crippen LogP contribution in [0.1, 0.15) is 160 Å². The zero-order valence-corrected chi connectivity index (χ0v) is 36.1. The number of hydrogen-bond donors (Lipinski definition) is 4. The number of carbonyl (C=O) groups is 6. The van der Waals surface area contributed by atoms with Crippen LogP contribution in [0.4, 0.5) is 0 Å². The molecule has 1 atom stereocenters. The lowest BCUT2D eigenvalue weighted by Crippen LogP contribution is -2.35. The van der Waals surface area contributed by atoms with E-state index in [1.54, 1.807) is 41.5 Å². The summed E-state index contributed by atoms with van der Waals surface area (Å²) in [6.07, 6.45) is 4.45. The quantitative estimate of drug-likeness (QED) is 0.0589. The van der Waals surface area contributed by atoms with E-state index in [4.69, 9.17) is 35.4 Å². The van der Waals surface area contributed by atoms with Gasteiger partial charge in [-0.2, -0.15) is 0 Å². The molecule has 1 amide bonds. The molecule has 3 aromatic heterocycles. The molecule has 1 unspecified atom stereocenters. The molecule has 5 N–H and O–H groups in total. The van der Waals surface area contributed by atoms with Crippen molar-refractivity contribution < 1.29 is 52.5 Å². The number of Topliss-reactive ketones (excluding diaryl/α,β-unsaturated/α-hetero) is 1. The molecule has 3 aromatic rings. The Balaban J connectivity index is -0.000000663. The number of amides is 1. The molecule has 3 rings (SSSR count). The summed E-state index contributed by atoms with van der Waals surface area (Å²) in [7, 11) is 0. The number of oxazole rings is 1. The molecule has 0 saturated heterocycles. The minimum atomic E-state index is -1.18. The zero-order chi connectivity index (χ0) is 44.2. The van der Waals surface area contributed by atoms with Crippen LogP contribution in [-0.4, -0.2) is 91.3 Å². The van der Waals surface area contributed by atoms with Crippen LogP contribution >= 0.6 is 11.6 Å². The van der Waals surface area contributed by atoms with Crippen LogP contribution in [0, 0.1) is 5.41 Å². The molecule has 0 fully saturated rings. The molecule has 0 aliphatic rings. The number of nitrogens with one attached hydrogen (secondary N) is 2. The van der Waals surface area contributed by atoms with Gasteiger partial charge in [-0.05, 0) is 20.8 Å². The Kier molecular flexibility index (Phi) is 24.9. The second-order valence-electron chi connectivity index (χ2n) is 15.6. The molecule has 18 heteroatoms. The maximum Gasteiger partial charge on any atom is 0.360 e. The van der Waals surface area contributed by atoms with Gasteiger partial charge in [0.25, 0.3) is 0 Å². The summed E-state index contributed by atoms with van der Waals surface area (Å²) in [5.74, 6) is -2.18. The number of nitrogens with two attached hydrogens (primary N) is 1. The molecular weight excluding hydrogens is 764 g/mol. The first-order valence-electron chi connectivity index (χ1n) is 17.7. The van der Waals surface area contributed by atoms with Gasteiger partial charge in [0.1, 0.15) is 5.76 Å². The first kappa shape index (κ1) is 56.3. The van der Waals surface area contributed by atoms with E-state index < -0.39 is 28.7 Å². The highest BCUT2D eigenvalue weighted by Gasteiger charge is 2.34. The summed E-state index contributed by atoms with van der Waals surface area (Å²) in [6.45, 7) is 29.0. The van der Waals surface area contributed by atoms with Crippen molar-refractivity contribution in [3.8, 4) is 0 Å². The van der Waals surface area contributed by atoms with Crippen LogP contribution in [0.5, 0.6) is 0 Å². The third-order valence-electron chi connectivity index (χ3n) is 6.63. The Morgan fingerprint density at radius 1 is 0.737 bits per heavy atom. The van der Waals surface area contributed by atoms with Crippen molar-refractivity contribution in [1.29, 1.82) is 0 Å². The standard InChI is InChI=1S/C10H16N2O2.C10H15NO3.C9H15ClO3.C8H12N2O2.CH3NO.CH4/c1-5-14-9(13)7-8(10(2,3)4)12-6-11-7;1-5-13-9(12)7-8(10(2,3)4)14-6-11-7;1-5-13-8(12)6(10)7(11)9(2,3)4;1-8(2,3)6-5(7(11)12)9-4-10-6;2-1-3;/h6H,5H2,1-4H3,(H,11,12);6H,5H2,1-4H3;6H,5H2,1-4H3;4H,1-3H3,(H,9,10)(H,11,12);1H,(H2,2,3);1H4. The Labute approximate surface area is 341 Å². The number of halogens is 1. The van der Waals surface area contributed by atoms with Gasteiger partial charge in [-0.3, -0.25) is 9.59 Å². The second kappa shape index (κ2) is 25.2. The summed E-state index contributed by atoms with van der Waals surface area (Å²) in [5, 5.41) is 7.55. The van der Waals surface area contributed by atoms with Crippen LogP contribution in [0.2, 0.25) is 0 Å². The fourth-order valence-corrected chi connectivity index (χ4v) is 4.46. The number of aromatic amines is 2. The first-order chi connectivity index (χ1) is 25.6. The number of imidazole rings is 2. The highest BCUT2D eigenvalue weighted by Crippen LogP contribution is 2.26.